The minimum Gasteiger partial charge on any atom is -0.355 e. The Hall–Kier alpha value is -2.84. The molecule has 1 saturated heterocycles. The Morgan fingerprint density at radius 1 is 1.26 bits per heavy atom. The molecule has 0 radical (unpaired) electrons. The minimum absolute atomic E-state index is 0.0294. The van der Waals surface area contributed by atoms with Crippen LogP contribution >= 0.6 is 0 Å². The molecule has 1 N–H and O–H groups in total. The van der Waals surface area contributed by atoms with Crippen LogP contribution in [0.1, 0.15) is 12.0 Å². The van der Waals surface area contributed by atoms with Crippen LogP contribution in [0.4, 0.5) is 18.9 Å². The number of nitrogens with one attached hydrogen (secondary N) is 1. The fourth-order valence-electron chi connectivity index (χ4n) is 3.01. The summed E-state index contributed by atoms with van der Waals surface area (Å²) in [6.07, 6.45) is -1.30. The number of rotatable bonds is 6. The molecule has 3 rings (SSSR count). The van der Waals surface area contributed by atoms with Crippen LogP contribution in [-0.4, -0.2) is 40.9 Å². The average Bonchev–Trinajstić information content (AvgIpc) is 3.20. The summed E-state index contributed by atoms with van der Waals surface area (Å²) in [5.74, 6) is -1.06. The van der Waals surface area contributed by atoms with E-state index in [1.807, 2.05) is 30.3 Å². The fraction of sp³-hybridized carbons (Fsp3) is 0.389. The van der Waals surface area contributed by atoms with Crippen molar-refractivity contribution in [3.05, 3.63) is 48.3 Å². The zero-order chi connectivity index (χ0) is 19.4. The second-order valence-corrected chi connectivity index (χ2v) is 6.44. The number of anilines is 1. The van der Waals surface area contributed by atoms with Crippen LogP contribution in [0, 0.1) is 5.92 Å². The Balaban J connectivity index is 1.53. The second-order valence-electron chi connectivity index (χ2n) is 6.44. The van der Waals surface area contributed by atoms with Crippen LogP contribution in [0.3, 0.4) is 0 Å². The summed E-state index contributed by atoms with van der Waals surface area (Å²) >= 11 is 0. The van der Waals surface area contributed by atoms with E-state index in [-0.39, 0.29) is 30.5 Å². The number of alkyl halides is 3. The highest BCUT2D eigenvalue weighted by atomic mass is 19.4. The van der Waals surface area contributed by atoms with E-state index in [0.717, 1.165) is 10.2 Å². The summed E-state index contributed by atoms with van der Waals surface area (Å²) in [4.78, 5) is 25.8. The topological polar surface area (TPSA) is 67.2 Å². The van der Waals surface area contributed by atoms with E-state index in [0.29, 0.717) is 13.0 Å². The van der Waals surface area contributed by atoms with Crippen molar-refractivity contribution in [1.29, 1.82) is 0 Å². The van der Waals surface area contributed by atoms with Crippen LogP contribution in [0.15, 0.2) is 42.7 Å². The number of carbonyl (C=O) groups is 2. The van der Waals surface area contributed by atoms with Gasteiger partial charge in [-0.3, -0.25) is 14.3 Å². The van der Waals surface area contributed by atoms with Gasteiger partial charge in [0.1, 0.15) is 6.54 Å². The Bertz CT molecular complexity index is 804. The van der Waals surface area contributed by atoms with Crippen molar-refractivity contribution in [2.75, 3.05) is 18.0 Å². The Morgan fingerprint density at radius 3 is 2.70 bits per heavy atom. The van der Waals surface area contributed by atoms with Gasteiger partial charge in [-0.15, -0.1) is 0 Å². The van der Waals surface area contributed by atoms with Crippen LogP contribution in [0.2, 0.25) is 0 Å². The van der Waals surface area contributed by atoms with Crippen molar-refractivity contribution in [2.24, 2.45) is 5.92 Å². The zero-order valence-electron chi connectivity index (χ0n) is 14.4. The molecule has 2 heterocycles. The lowest BCUT2D eigenvalue weighted by molar-refractivity contribution is -0.142. The van der Waals surface area contributed by atoms with Gasteiger partial charge in [0, 0.05) is 25.7 Å². The number of halogens is 3. The quantitative estimate of drug-likeness (QED) is 0.835. The molecule has 1 aromatic heterocycles. The maximum Gasteiger partial charge on any atom is 0.408 e. The van der Waals surface area contributed by atoms with Gasteiger partial charge < -0.3 is 10.2 Å². The number of benzene rings is 1. The van der Waals surface area contributed by atoms with Crippen molar-refractivity contribution >= 4 is 17.5 Å². The van der Waals surface area contributed by atoms with Gasteiger partial charge in [-0.2, -0.15) is 18.3 Å². The van der Waals surface area contributed by atoms with E-state index >= 15 is 0 Å². The predicted molar refractivity (Wildman–Crippen MR) is 91.9 cm³/mol. The third kappa shape index (κ3) is 5.08. The molecule has 2 aromatic rings. The molecule has 0 spiro atoms. The number of carbonyl (C=O) groups excluding carboxylic acids is 2. The van der Waals surface area contributed by atoms with E-state index in [9.17, 15) is 22.8 Å². The molecule has 1 aromatic carbocycles. The molecule has 1 aliphatic heterocycles. The largest absolute Gasteiger partial charge is 0.408 e. The standard InChI is InChI=1S/C18H19F3N4O2/c19-18(20,21)12-24-11-15(9-23-24)25-10-14(8-16(25)26)17(27)22-7-6-13-4-2-1-3-5-13/h1-5,9,11,14H,6-8,10,12H2,(H,22,27)/t14-/m0/s1. The van der Waals surface area contributed by atoms with Crippen LogP contribution in [0.25, 0.3) is 0 Å². The van der Waals surface area contributed by atoms with Crippen molar-refractivity contribution in [3.63, 3.8) is 0 Å². The molecule has 0 aliphatic carbocycles. The first-order chi connectivity index (χ1) is 12.8. The molecular weight excluding hydrogens is 361 g/mol. The molecule has 1 aliphatic rings. The molecule has 0 saturated carbocycles. The second kappa shape index (κ2) is 7.81. The maximum atomic E-state index is 12.4. The van der Waals surface area contributed by atoms with Crippen molar-refractivity contribution in [1.82, 2.24) is 15.1 Å². The van der Waals surface area contributed by atoms with Gasteiger partial charge in [0.25, 0.3) is 0 Å². The lowest BCUT2D eigenvalue weighted by atomic mass is 10.1. The third-order valence-corrected chi connectivity index (χ3v) is 4.32. The SMILES string of the molecule is O=C(NCCc1ccccc1)[C@H]1CC(=O)N(c2cnn(CC(F)(F)F)c2)C1. The molecule has 2 amide bonds. The van der Waals surface area contributed by atoms with Gasteiger partial charge in [0.05, 0.1) is 17.8 Å². The molecule has 1 atom stereocenters. The molecule has 9 heteroatoms. The van der Waals surface area contributed by atoms with Gasteiger partial charge >= 0.3 is 6.18 Å². The van der Waals surface area contributed by atoms with Gasteiger partial charge in [0.2, 0.25) is 11.8 Å². The molecule has 27 heavy (non-hydrogen) atoms. The summed E-state index contributed by atoms with van der Waals surface area (Å²) in [6, 6.07) is 9.68. The van der Waals surface area contributed by atoms with E-state index in [4.69, 9.17) is 0 Å². The first-order valence-electron chi connectivity index (χ1n) is 8.53. The smallest absolute Gasteiger partial charge is 0.355 e. The highest BCUT2D eigenvalue weighted by Crippen LogP contribution is 2.26. The molecule has 144 valence electrons. The summed E-state index contributed by atoms with van der Waals surface area (Å²) < 4.78 is 38.0. The summed E-state index contributed by atoms with van der Waals surface area (Å²) in [6.45, 7) is -0.636. The van der Waals surface area contributed by atoms with Gasteiger partial charge in [-0.25, -0.2) is 0 Å². The van der Waals surface area contributed by atoms with Crippen LogP contribution in [-0.2, 0) is 22.6 Å². The molecule has 0 bridgehead atoms. The van der Waals surface area contributed by atoms with E-state index in [1.54, 1.807) is 0 Å². The normalized spacial score (nSPS) is 17.4. The Kier molecular flexibility index (Phi) is 5.48. The maximum absolute atomic E-state index is 12.4. The minimum atomic E-state index is -4.39. The lowest BCUT2D eigenvalue weighted by Gasteiger charge is -2.14. The van der Waals surface area contributed by atoms with Gasteiger partial charge in [0.15, 0.2) is 0 Å². The van der Waals surface area contributed by atoms with Crippen LogP contribution < -0.4 is 10.2 Å². The zero-order valence-corrected chi connectivity index (χ0v) is 14.4. The first kappa shape index (κ1) is 18.9. The fourth-order valence-corrected chi connectivity index (χ4v) is 3.01. The summed E-state index contributed by atoms with van der Waals surface area (Å²) in [7, 11) is 0. The van der Waals surface area contributed by atoms with Gasteiger partial charge in [-0.05, 0) is 12.0 Å². The van der Waals surface area contributed by atoms with Gasteiger partial charge in [-0.1, -0.05) is 30.3 Å². The Morgan fingerprint density at radius 2 is 2.00 bits per heavy atom. The number of amides is 2. The van der Waals surface area contributed by atoms with E-state index in [2.05, 4.69) is 10.4 Å². The molecule has 1 fully saturated rings. The average molecular weight is 380 g/mol. The molecular formula is C18H19F3N4O2. The van der Waals surface area contributed by atoms with E-state index in [1.165, 1.54) is 17.3 Å². The highest BCUT2D eigenvalue weighted by molar-refractivity contribution is 6.00. The first-order valence-corrected chi connectivity index (χ1v) is 8.53. The Labute approximate surface area is 154 Å². The predicted octanol–water partition coefficient (Wildman–Crippen LogP) is 2.16. The number of aromatic nitrogens is 2. The number of nitrogens with zero attached hydrogens (tertiary/aromatic N) is 3. The third-order valence-electron chi connectivity index (χ3n) is 4.32. The lowest BCUT2D eigenvalue weighted by Crippen LogP contribution is -2.34. The van der Waals surface area contributed by atoms with Crippen LogP contribution in [0.5, 0.6) is 0 Å². The van der Waals surface area contributed by atoms with Crippen molar-refractivity contribution < 1.29 is 22.8 Å². The highest BCUT2D eigenvalue weighted by Gasteiger charge is 2.36. The van der Waals surface area contributed by atoms with Crippen molar-refractivity contribution in [3.8, 4) is 0 Å². The van der Waals surface area contributed by atoms with E-state index < -0.39 is 18.6 Å². The summed E-state index contributed by atoms with van der Waals surface area (Å²) in [5, 5.41) is 6.45. The summed E-state index contributed by atoms with van der Waals surface area (Å²) in [5.41, 5.74) is 1.36. The number of hydrogen-bond donors (Lipinski definition) is 1. The molecule has 6 nitrogen and oxygen atoms in total. The monoisotopic (exact) mass is 380 g/mol. The van der Waals surface area contributed by atoms with Crippen molar-refractivity contribution in [2.45, 2.75) is 25.6 Å². The number of hydrogen-bond acceptors (Lipinski definition) is 3. The molecule has 0 unspecified atom stereocenters.